The Morgan fingerprint density at radius 2 is 1.29 bits per heavy atom. The SMILES string of the molecule is C=C(/C=C\C(=C/C)C(C)(C)C)c1nnc(-c2ccc(-c3ccccc3)cc2)n1-c1ccccc1. The molecule has 1 aromatic heterocycles. The molecule has 0 atom stereocenters. The number of benzene rings is 3. The van der Waals surface area contributed by atoms with Crippen LogP contribution in [-0.2, 0) is 0 Å². The third-order valence-corrected chi connectivity index (χ3v) is 5.86. The lowest BCUT2D eigenvalue weighted by Gasteiger charge is -2.20. The van der Waals surface area contributed by atoms with E-state index in [1.54, 1.807) is 0 Å². The second kappa shape index (κ2) is 9.88. The van der Waals surface area contributed by atoms with Gasteiger partial charge in [-0.2, -0.15) is 0 Å². The van der Waals surface area contributed by atoms with Gasteiger partial charge in [0, 0.05) is 16.8 Å². The third kappa shape index (κ3) is 4.99. The van der Waals surface area contributed by atoms with Gasteiger partial charge >= 0.3 is 0 Å². The van der Waals surface area contributed by atoms with Crippen LogP contribution in [0.3, 0.4) is 0 Å². The molecule has 4 aromatic rings. The van der Waals surface area contributed by atoms with Gasteiger partial charge in [0.05, 0.1) is 0 Å². The largest absolute Gasteiger partial charge is 0.275 e. The third-order valence-electron chi connectivity index (χ3n) is 5.86. The molecule has 0 aliphatic carbocycles. The maximum absolute atomic E-state index is 4.59. The van der Waals surface area contributed by atoms with Crippen molar-refractivity contribution in [3.8, 4) is 28.2 Å². The van der Waals surface area contributed by atoms with Gasteiger partial charge in [0.1, 0.15) is 0 Å². The van der Waals surface area contributed by atoms with E-state index in [0.717, 1.165) is 28.5 Å². The highest BCUT2D eigenvalue weighted by atomic mass is 15.3. The van der Waals surface area contributed by atoms with Crippen LogP contribution in [0.2, 0.25) is 0 Å². The molecule has 0 bridgehead atoms. The standard InChI is InChI=1S/C31H31N3/c1-6-27(31(3,4)5)22-17-23(2)29-32-33-30(34(29)28-15-11-8-12-16-28)26-20-18-25(19-21-26)24-13-9-7-10-14-24/h6-22H,2H2,1,3-5H3/b22-17-,27-6+. The van der Waals surface area contributed by atoms with Crippen molar-refractivity contribution < 1.29 is 0 Å². The second-order valence-corrected chi connectivity index (χ2v) is 9.31. The number of rotatable bonds is 6. The molecular weight excluding hydrogens is 414 g/mol. The Kier molecular flexibility index (Phi) is 6.74. The fraction of sp³-hybridized carbons (Fsp3) is 0.161. The molecule has 0 unspecified atom stereocenters. The van der Waals surface area contributed by atoms with Crippen molar-refractivity contribution in [1.82, 2.24) is 14.8 Å². The van der Waals surface area contributed by atoms with Crippen LogP contribution in [0.15, 0.2) is 115 Å². The Bertz CT molecular complexity index is 1320. The van der Waals surface area contributed by atoms with Crippen molar-refractivity contribution >= 4 is 5.57 Å². The van der Waals surface area contributed by atoms with E-state index in [4.69, 9.17) is 0 Å². The topological polar surface area (TPSA) is 30.7 Å². The fourth-order valence-electron chi connectivity index (χ4n) is 3.99. The molecule has 0 aliphatic heterocycles. The highest BCUT2D eigenvalue weighted by Crippen LogP contribution is 2.30. The molecule has 0 saturated heterocycles. The van der Waals surface area contributed by atoms with E-state index in [-0.39, 0.29) is 5.41 Å². The smallest absolute Gasteiger partial charge is 0.168 e. The molecule has 34 heavy (non-hydrogen) atoms. The summed E-state index contributed by atoms with van der Waals surface area (Å²) in [5.74, 6) is 1.52. The van der Waals surface area contributed by atoms with E-state index in [1.807, 2.05) is 30.3 Å². The second-order valence-electron chi connectivity index (χ2n) is 9.31. The highest BCUT2D eigenvalue weighted by molar-refractivity contribution is 5.73. The first-order valence-electron chi connectivity index (χ1n) is 11.6. The quantitative estimate of drug-likeness (QED) is 0.280. The maximum atomic E-state index is 4.59. The zero-order chi connectivity index (χ0) is 24.1. The summed E-state index contributed by atoms with van der Waals surface area (Å²) >= 11 is 0. The molecule has 3 nitrogen and oxygen atoms in total. The van der Waals surface area contributed by atoms with E-state index in [1.165, 1.54) is 16.7 Å². The average molecular weight is 446 g/mol. The average Bonchev–Trinajstić information content (AvgIpc) is 3.30. The van der Waals surface area contributed by atoms with Gasteiger partial charge in [-0.25, -0.2) is 0 Å². The summed E-state index contributed by atoms with van der Waals surface area (Å²) in [4.78, 5) is 0. The summed E-state index contributed by atoms with van der Waals surface area (Å²) in [6, 6.07) is 29.0. The van der Waals surface area contributed by atoms with E-state index < -0.39 is 0 Å². The molecule has 0 amide bonds. The summed E-state index contributed by atoms with van der Waals surface area (Å²) < 4.78 is 2.08. The van der Waals surface area contributed by atoms with Crippen molar-refractivity contribution in [2.24, 2.45) is 5.41 Å². The van der Waals surface area contributed by atoms with E-state index >= 15 is 0 Å². The van der Waals surface area contributed by atoms with Crippen LogP contribution in [0.1, 0.15) is 33.5 Å². The Hall–Kier alpha value is -3.98. The summed E-state index contributed by atoms with van der Waals surface area (Å²) in [5, 5.41) is 9.14. The van der Waals surface area contributed by atoms with Gasteiger partial charge in [-0.3, -0.25) is 4.57 Å². The molecule has 4 rings (SSSR count). The van der Waals surface area contributed by atoms with Crippen molar-refractivity contribution in [3.05, 3.63) is 121 Å². The molecule has 1 heterocycles. The molecular formula is C31H31N3. The first kappa shape index (κ1) is 23.2. The Morgan fingerprint density at radius 1 is 0.735 bits per heavy atom. The minimum absolute atomic E-state index is 0.0598. The van der Waals surface area contributed by atoms with E-state index in [2.05, 4.69) is 122 Å². The zero-order valence-electron chi connectivity index (χ0n) is 20.4. The van der Waals surface area contributed by atoms with Gasteiger partial charge in [0.15, 0.2) is 11.6 Å². The van der Waals surface area contributed by atoms with Gasteiger partial charge in [0.25, 0.3) is 0 Å². The van der Waals surface area contributed by atoms with E-state index in [9.17, 15) is 0 Å². The summed E-state index contributed by atoms with van der Waals surface area (Å²) in [6.07, 6.45) is 6.30. The first-order chi connectivity index (χ1) is 16.4. The van der Waals surface area contributed by atoms with Crippen LogP contribution in [0.4, 0.5) is 0 Å². The fourth-order valence-corrected chi connectivity index (χ4v) is 3.99. The van der Waals surface area contributed by atoms with Gasteiger partial charge in [-0.05, 0) is 41.2 Å². The zero-order valence-corrected chi connectivity index (χ0v) is 20.4. The molecule has 0 radical (unpaired) electrons. The molecule has 3 heteroatoms. The predicted octanol–water partition coefficient (Wildman–Crippen LogP) is 8.16. The lowest BCUT2D eigenvalue weighted by molar-refractivity contribution is 0.516. The van der Waals surface area contributed by atoms with Gasteiger partial charge in [-0.1, -0.05) is 118 Å². The molecule has 0 N–H and O–H groups in total. The molecule has 0 fully saturated rings. The minimum Gasteiger partial charge on any atom is -0.275 e. The van der Waals surface area contributed by atoms with E-state index in [0.29, 0.717) is 0 Å². The van der Waals surface area contributed by atoms with Crippen LogP contribution >= 0.6 is 0 Å². The van der Waals surface area contributed by atoms with Crippen LogP contribution in [0, 0.1) is 5.41 Å². The summed E-state index contributed by atoms with van der Waals surface area (Å²) in [7, 11) is 0. The van der Waals surface area contributed by atoms with Gasteiger partial charge < -0.3 is 0 Å². The number of allylic oxidation sites excluding steroid dienone is 5. The first-order valence-corrected chi connectivity index (χ1v) is 11.6. The molecule has 3 aromatic carbocycles. The molecule has 0 saturated carbocycles. The van der Waals surface area contributed by atoms with Crippen LogP contribution in [0.25, 0.3) is 33.8 Å². The van der Waals surface area contributed by atoms with Crippen LogP contribution in [0.5, 0.6) is 0 Å². The van der Waals surface area contributed by atoms with Crippen molar-refractivity contribution in [2.75, 3.05) is 0 Å². The molecule has 0 spiro atoms. The monoisotopic (exact) mass is 445 g/mol. The lowest BCUT2D eigenvalue weighted by atomic mass is 9.86. The number of aromatic nitrogens is 3. The number of para-hydroxylation sites is 1. The highest BCUT2D eigenvalue weighted by Gasteiger charge is 2.18. The van der Waals surface area contributed by atoms with Crippen molar-refractivity contribution in [3.63, 3.8) is 0 Å². The maximum Gasteiger partial charge on any atom is 0.168 e. The van der Waals surface area contributed by atoms with Crippen molar-refractivity contribution in [2.45, 2.75) is 27.7 Å². The van der Waals surface area contributed by atoms with Gasteiger partial charge in [0.2, 0.25) is 0 Å². The Morgan fingerprint density at radius 3 is 1.88 bits per heavy atom. The van der Waals surface area contributed by atoms with Gasteiger partial charge in [-0.15, -0.1) is 10.2 Å². The van der Waals surface area contributed by atoms with Crippen LogP contribution in [-0.4, -0.2) is 14.8 Å². The number of nitrogens with zero attached hydrogens (tertiary/aromatic N) is 3. The Balaban J connectivity index is 1.75. The lowest BCUT2D eigenvalue weighted by Crippen LogP contribution is -2.07. The molecule has 0 aliphatic rings. The summed E-state index contributed by atoms with van der Waals surface area (Å²) in [6.45, 7) is 13.0. The molecule has 170 valence electrons. The predicted molar refractivity (Wildman–Crippen MR) is 144 cm³/mol. The normalized spacial score (nSPS) is 12.3. The summed E-state index contributed by atoms with van der Waals surface area (Å²) in [5.41, 5.74) is 6.48. The van der Waals surface area contributed by atoms with Crippen molar-refractivity contribution in [1.29, 1.82) is 0 Å². The van der Waals surface area contributed by atoms with Crippen LogP contribution < -0.4 is 0 Å². The Labute approximate surface area is 202 Å². The number of hydrogen-bond donors (Lipinski definition) is 0. The minimum atomic E-state index is 0.0598. The number of hydrogen-bond acceptors (Lipinski definition) is 2.